The van der Waals surface area contributed by atoms with Gasteiger partial charge in [0.2, 0.25) is 0 Å². The maximum Gasteiger partial charge on any atom is 0.322 e. The molecule has 4 rings (SSSR count). The van der Waals surface area contributed by atoms with Crippen molar-refractivity contribution in [1.29, 1.82) is 0 Å². The Morgan fingerprint density at radius 1 is 1.07 bits per heavy atom. The van der Waals surface area contributed by atoms with Gasteiger partial charge in [-0.2, -0.15) is 0 Å². The van der Waals surface area contributed by atoms with E-state index in [1.54, 1.807) is 6.20 Å². The average molecular weight is 394 g/mol. The Morgan fingerprint density at radius 3 is 2.41 bits per heavy atom. The van der Waals surface area contributed by atoms with E-state index in [2.05, 4.69) is 5.32 Å². The number of aliphatic hydroxyl groups is 1. The Labute approximate surface area is 167 Å². The fourth-order valence-electron chi connectivity index (χ4n) is 4.59. The van der Waals surface area contributed by atoms with E-state index in [1.165, 1.54) is 4.57 Å². The summed E-state index contributed by atoms with van der Waals surface area (Å²) in [4.78, 5) is 36.6. The SMILES string of the molecule is O=C(O)CNC(=O)C1=C(O)C2(CCCCC2)c2c(-c3ccccc3)ccn2C1=O. The van der Waals surface area contributed by atoms with Crippen LogP contribution in [0.5, 0.6) is 0 Å². The molecule has 7 nitrogen and oxygen atoms in total. The second-order valence-corrected chi connectivity index (χ2v) is 7.56. The van der Waals surface area contributed by atoms with Crippen LogP contribution in [0.1, 0.15) is 42.6 Å². The number of amides is 1. The zero-order valence-electron chi connectivity index (χ0n) is 15.9. The third kappa shape index (κ3) is 3.03. The van der Waals surface area contributed by atoms with Gasteiger partial charge in [-0.05, 0) is 24.5 Å². The number of benzene rings is 1. The van der Waals surface area contributed by atoms with Gasteiger partial charge < -0.3 is 15.5 Å². The number of carboxylic acids is 1. The van der Waals surface area contributed by atoms with Crippen LogP contribution in [0.25, 0.3) is 11.1 Å². The zero-order chi connectivity index (χ0) is 20.6. The minimum absolute atomic E-state index is 0.242. The number of carboxylic acid groups (broad SMARTS) is 1. The molecule has 3 N–H and O–H groups in total. The number of rotatable bonds is 4. The molecule has 1 aromatic carbocycles. The van der Waals surface area contributed by atoms with E-state index in [1.807, 2.05) is 36.4 Å². The van der Waals surface area contributed by atoms with E-state index in [9.17, 15) is 19.5 Å². The van der Waals surface area contributed by atoms with Crippen molar-refractivity contribution in [1.82, 2.24) is 9.88 Å². The molecular weight excluding hydrogens is 372 g/mol. The van der Waals surface area contributed by atoms with Crippen molar-refractivity contribution < 1.29 is 24.6 Å². The van der Waals surface area contributed by atoms with Gasteiger partial charge in [0.15, 0.2) is 0 Å². The summed E-state index contributed by atoms with van der Waals surface area (Å²) in [6.07, 6.45) is 5.61. The van der Waals surface area contributed by atoms with Crippen molar-refractivity contribution in [2.24, 2.45) is 0 Å². The molecule has 7 heteroatoms. The second kappa shape index (κ2) is 7.24. The van der Waals surface area contributed by atoms with E-state index in [-0.39, 0.29) is 11.3 Å². The molecule has 1 amide bonds. The van der Waals surface area contributed by atoms with Crippen molar-refractivity contribution >= 4 is 17.8 Å². The van der Waals surface area contributed by atoms with Gasteiger partial charge >= 0.3 is 5.97 Å². The first-order chi connectivity index (χ1) is 14.0. The number of aromatic nitrogens is 1. The first kappa shape index (κ1) is 19.0. The van der Waals surface area contributed by atoms with E-state index in [0.717, 1.165) is 30.4 Å². The number of allylic oxidation sites excluding steroid dienone is 1. The molecule has 1 aliphatic heterocycles. The Hall–Kier alpha value is -3.35. The Kier molecular flexibility index (Phi) is 4.74. The van der Waals surface area contributed by atoms with E-state index in [4.69, 9.17) is 5.11 Å². The lowest BCUT2D eigenvalue weighted by Gasteiger charge is -2.41. The molecule has 2 aliphatic rings. The van der Waals surface area contributed by atoms with Crippen LogP contribution in [0.15, 0.2) is 53.9 Å². The first-order valence-electron chi connectivity index (χ1n) is 9.71. The molecule has 29 heavy (non-hydrogen) atoms. The minimum Gasteiger partial charge on any atom is -0.510 e. The molecule has 1 spiro atoms. The smallest absolute Gasteiger partial charge is 0.322 e. The number of aliphatic carboxylic acids is 1. The third-order valence-electron chi connectivity index (χ3n) is 5.88. The fourth-order valence-corrected chi connectivity index (χ4v) is 4.59. The summed E-state index contributed by atoms with van der Waals surface area (Å²) < 4.78 is 1.45. The average Bonchev–Trinajstić information content (AvgIpc) is 3.19. The van der Waals surface area contributed by atoms with Crippen LogP contribution in [0.4, 0.5) is 0 Å². The maximum atomic E-state index is 13.1. The van der Waals surface area contributed by atoms with E-state index < -0.39 is 29.7 Å². The summed E-state index contributed by atoms with van der Waals surface area (Å²) in [7, 11) is 0. The summed E-state index contributed by atoms with van der Waals surface area (Å²) in [5.74, 6) is -2.96. The second-order valence-electron chi connectivity index (χ2n) is 7.56. The number of aliphatic hydroxyl groups excluding tert-OH is 1. The van der Waals surface area contributed by atoms with Crippen LogP contribution in [0.2, 0.25) is 0 Å². The van der Waals surface area contributed by atoms with Crippen molar-refractivity contribution in [2.45, 2.75) is 37.5 Å². The molecule has 0 unspecified atom stereocenters. The summed E-state index contributed by atoms with van der Waals surface area (Å²) in [6.45, 7) is -0.621. The predicted octanol–water partition coefficient (Wildman–Crippen LogP) is 3.02. The summed E-state index contributed by atoms with van der Waals surface area (Å²) in [5, 5.41) is 22.3. The topological polar surface area (TPSA) is 109 Å². The quantitative estimate of drug-likeness (QED) is 0.691. The predicted molar refractivity (Wildman–Crippen MR) is 106 cm³/mol. The van der Waals surface area contributed by atoms with Crippen LogP contribution in [-0.2, 0) is 15.0 Å². The number of nitrogens with one attached hydrogen (secondary N) is 1. The van der Waals surface area contributed by atoms with Crippen LogP contribution in [0, 0.1) is 0 Å². The van der Waals surface area contributed by atoms with Gasteiger partial charge in [0, 0.05) is 17.5 Å². The number of carbonyl (C=O) groups is 3. The molecule has 0 atom stereocenters. The number of fused-ring (bicyclic) bond motifs is 2. The molecule has 150 valence electrons. The first-order valence-corrected chi connectivity index (χ1v) is 9.71. The lowest BCUT2D eigenvalue weighted by atomic mass is 9.66. The molecule has 1 fully saturated rings. The highest BCUT2D eigenvalue weighted by Crippen LogP contribution is 2.50. The molecule has 0 saturated heterocycles. The molecule has 1 aliphatic carbocycles. The van der Waals surface area contributed by atoms with Crippen LogP contribution < -0.4 is 5.32 Å². The van der Waals surface area contributed by atoms with Gasteiger partial charge in [0.1, 0.15) is 17.9 Å². The van der Waals surface area contributed by atoms with Crippen molar-refractivity contribution in [2.75, 3.05) is 6.54 Å². The third-order valence-corrected chi connectivity index (χ3v) is 5.88. The van der Waals surface area contributed by atoms with Gasteiger partial charge in [-0.15, -0.1) is 0 Å². The molecule has 1 aromatic heterocycles. The van der Waals surface area contributed by atoms with Gasteiger partial charge in [-0.25, -0.2) is 0 Å². The summed E-state index contributed by atoms with van der Waals surface area (Å²) >= 11 is 0. The van der Waals surface area contributed by atoms with Gasteiger partial charge in [0.05, 0.1) is 5.41 Å². The molecule has 2 aromatic rings. The summed E-state index contributed by atoms with van der Waals surface area (Å²) in [6, 6.07) is 11.5. The van der Waals surface area contributed by atoms with Crippen molar-refractivity contribution in [3.63, 3.8) is 0 Å². The maximum absolute atomic E-state index is 13.1. The highest BCUT2D eigenvalue weighted by molar-refractivity contribution is 6.21. The van der Waals surface area contributed by atoms with E-state index >= 15 is 0 Å². The van der Waals surface area contributed by atoms with Gasteiger partial charge in [-0.1, -0.05) is 49.6 Å². The normalized spacial score (nSPS) is 17.9. The van der Waals surface area contributed by atoms with Crippen LogP contribution in [-0.4, -0.2) is 39.1 Å². The zero-order valence-corrected chi connectivity index (χ0v) is 15.9. The fraction of sp³-hybridized carbons (Fsp3) is 0.318. The molecule has 2 heterocycles. The highest BCUT2D eigenvalue weighted by Gasteiger charge is 2.49. The number of hydrogen-bond acceptors (Lipinski definition) is 4. The number of carbonyl (C=O) groups excluding carboxylic acids is 2. The van der Waals surface area contributed by atoms with Crippen LogP contribution in [0.3, 0.4) is 0 Å². The molecular formula is C22H22N2O5. The van der Waals surface area contributed by atoms with Crippen molar-refractivity contribution in [3.05, 3.63) is 59.6 Å². The Morgan fingerprint density at radius 2 is 1.76 bits per heavy atom. The lowest BCUT2D eigenvalue weighted by molar-refractivity contribution is -0.137. The van der Waals surface area contributed by atoms with Crippen LogP contribution >= 0.6 is 0 Å². The molecule has 0 radical (unpaired) electrons. The largest absolute Gasteiger partial charge is 0.510 e. The molecule has 0 bridgehead atoms. The monoisotopic (exact) mass is 394 g/mol. The molecule has 1 saturated carbocycles. The van der Waals surface area contributed by atoms with Gasteiger partial charge in [-0.3, -0.25) is 19.0 Å². The lowest BCUT2D eigenvalue weighted by Crippen LogP contribution is -2.45. The van der Waals surface area contributed by atoms with Crippen molar-refractivity contribution in [3.8, 4) is 11.1 Å². The Bertz CT molecular complexity index is 1010. The van der Waals surface area contributed by atoms with Gasteiger partial charge in [0.25, 0.3) is 11.8 Å². The summed E-state index contributed by atoms with van der Waals surface area (Å²) in [5.41, 5.74) is 1.30. The Balaban J connectivity index is 1.88. The number of nitrogens with zero attached hydrogens (tertiary/aromatic N) is 1. The highest BCUT2D eigenvalue weighted by atomic mass is 16.4. The van der Waals surface area contributed by atoms with E-state index in [0.29, 0.717) is 18.5 Å². The minimum atomic E-state index is -1.22. The standard InChI is InChI=1S/C22H22N2O5/c25-16(26)13-23-20(28)17-19(27)22(10-5-2-6-11-22)18-15(9-12-24(18)21(17)29)14-7-3-1-4-8-14/h1,3-4,7-9,12,27H,2,5-6,10-11,13H2,(H,23,28)(H,25,26). The number of hydrogen-bond donors (Lipinski definition) is 3.